The van der Waals surface area contributed by atoms with Crippen LogP contribution < -0.4 is 10.2 Å². The van der Waals surface area contributed by atoms with Gasteiger partial charge in [0, 0.05) is 60.0 Å². The maximum Gasteiger partial charge on any atom is 0.234 e. The average Bonchev–Trinajstić information content (AvgIpc) is 3.71. The molecule has 0 radical (unpaired) electrons. The van der Waals surface area contributed by atoms with E-state index >= 15 is 0 Å². The average molecular weight is 529 g/mol. The number of aromatic amines is 1. The molecule has 0 aromatic carbocycles. The topological polar surface area (TPSA) is 122 Å². The van der Waals surface area contributed by atoms with E-state index in [9.17, 15) is 14.0 Å². The minimum Gasteiger partial charge on any atom is -0.357 e. The summed E-state index contributed by atoms with van der Waals surface area (Å²) in [5, 5.41) is 9.20. The van der Waals surface area contributed by atoms with Crippen molar-refractivity contribution in [1.82, 2.24) is 35.0 Å². The molecule has 2 atom stereocenters. The number of carbonyl (C=O) groups excluding carboxylic acids is 2. The van der Waals surface area contributed by atoms with Crippen LogP contribution in [0.15, 0.2) is 43.1 Å². The maximum absolute atomic E-state index is 14.0. The zero-order valence-corrected chi connectivity index (χ0v) is 21.6. The molecule has 2 N–H and O–H groups in total. The van der Waals surface area contributed by atoms with Crippen LogP contribution in [0.25, 0.3) is 22.3 Å². The van der Waals surface area contributed by atoms with Crippen LogP contribution in [0.1, 0.15) is 50.4 Å². The second-order valence-corrected chi connectivity index (χ2v) is 11.2. The van der Waals surface area contributed by atoms with Gasteiger partial charge in [-0.2, -0.15) is 5.10 Å². The van der Waals surface area contributed by atoms with E-state index in [0.717, 1.165) is 35.1 Å². The number of imide groups is 1. The van der Waals surface area contributed by atoms with Crippen LogP contribution in [-0.2, 0) is 22.7 Å². The van der Waals surface area contributed by atoms with Crippen molar-refractivity contribution < 1.29 is 14.0 Å². The molecule has 8 rings (SSSR count). The Morgan fingerprint density at radius 3 is 2.69 bits per heavy atom. The summed E-state index contributed by atoms with van der Waals surface area (Å²) in [5.41, 5.74) is 4.07. The molecule has 2 bridgehead atoms. The van der Waals surface area contributed by atoms with Crippen LogP contribution >= 0.6 is 0 Å². The fourth-order valence-corrected chi connectivity index (χ4v) is 6.49. The minimum atomic E-state index is -0.624. The number of hydrogen-bond donors (Lipinski definition) is 2. The third kappa shape index (κ3) is 4.21. The lowest BCUT2D eigenvalue weighted by molar-refractivity contribution is -0.121. The predicted molar refractivity (Wildman–Crippen MR) is 141 cm³/mol. The number of nitrogens with zero attached hydrogens (tertiary/aromatic N) is 6. The van der Waals surface area contributed by atoms with Gasteiger partial charge in [0.2, 0.25) is 11.8 Å². The molecule has 0 spiro atoms. The van der Waals surface area contributed by atoms with E-state index in [1.54, 1.807) is 23.3 Å². The number of fused-ring (bicyclic) bond motifs is 2. The molecule has 200 valence electrons. The van der Waals surface area contributed by atoms with Gasteiger partial charge in [-0.25, -0.2) is 19.0 Å². The third-order valence-electron chi connectivity index (χ3n) is 8.74. The van der Waals surface area contributed by atoms with Crippen molar-refractivity contribution in [1.29, 1.82) is 0 Å². The molecule has 3 aliphatic carbocycles. The van der Waals surface area contributed by atoms with E-state index < -0.39 is 6.17 Å². The van der Waals surface area contributed by atoms with Gasteiger partial charge in [-0.1, -0.05) is 0 Å². The largest absolute Gasteiger partial charge is 0.357 e. The van der Waals surface area contributed by atoms with Crippen LogP contribution in [0.4, 0.5) is 10.1 Å². The number of halogens is 1. The van der Waals surface area contributed by atoms with E-state index in [4.69, 9.17) is 0 Å². The Kier molecular flexibility index (Phi) is 5.58. The fourth-order valence-electron chi connectivity index (χ4n) is 6.49. The molecule has 11 heteroatoms. The number of aromatic nitrogens is 6. The molecule has 1 saturated heterocycles. The SMILES string of the molecule is CC(NCc1cc2cnc(Cn3cnc(-c4cncc(N5C(=O)CCC5=O)c4)n3)cc2[nH]1)C12CC(F)C(C1)C2. The molecule has 3 saturated carbocycles. The molecule has 1 aliphatic heterocycles. The molecular weight excluding hydrogens is 499 g/mol. The Morgan fingerprint density at radius 1 is 1.10 bits per heavy atom. The van der Waals surface area contributed by atoms with Gasteiger partial charge in [0.05, 0.1) is 24.1 Å². The summed E-state index contributed by atoms with van der Waals surface area (Å²) < 4.78 is 15.7. The van der Waals surface area contributed by atoms with Crippen molar-refractivity contribution in [3.63, 3.8) is 0 Å². The van der Waals surface area contributed by atoms with Gasteiger partial charge in [-0.05, 0) is 55.7 Å². The van der Waals surface area contributed by atoms with Gasteiger partial charge in [0.1, 0.15) is 12.5 Å². The van der Waals surface area contributed by atoms with Crippen molar-refractivity contribution >= 4 is 28.4 Å². The van der Waals surface area contributed by atoms with Crippen molar-refractivity contribution in [2.45, 2.75) is 64.3 Å². The van der Waals surface area contributed by atoms with Crippen molar-refractivity contribution in [2.24, 2.45) is 11.3 Å². The Balaban J connectivity index is 1.02. The number of amides is 2. The number of anilines is 1. The zero-order chi connectivity index (χ0) is 26.7. The number of pyridine rings is 2. The zero-order valence-electron chi connectivity index (χ0n) is 21.6. The first-order valence-corrected chi connectivity index (χ1v) is 13.4. The lowest BCUT2D eigenvalue weighted by Gasteiger charge is -2.43. The van der Waals surface area contributed by atoms with E-state index in [1.165, 1.54) is 11.1 Å². The van der Waals surface area contributed by atoms with Gasteiger partial charge in [0.25, 0.3) is 0 Å². The number of hydrogen-bond acceptors (Lipinski definition) is 7. The summed E-state index contributed by atoms with van der Waals surface area (Å²) in [5.74, 6) is 0.278. The summed E-state index contributed by atoms with van der Waals surface area (Å²) in [6, 6.07) is 6.10. The molecule has 2 amide bonds. The molecule has 2 unspecified atom stereocenters. The first-order valence-electron chi connectivity index (χ1n) is 13.4. The summed E-state index contributed by atoms with van der Waals surface area (Å²) in [4.78, 5) is 42.0. The van der Waals surface area contributed by atoms with Crippen LogP contribution in [-0.4, -0.2) is 53.7 Å². The predicted octanol–water partition coefficient (Wildman–Crippen LogP) is 3.53. The normalized spacial score (nSPS) is 25.0. The van der Waals surface area contributed by atoms with Crippen molar-refractivity contribution in [2.75, 3.05) is 4.90 Å². The minimum absolute atomic E-state index is 0.127. The third-order valence-corrected chi connectivity index (χ3v) is 8.74. The van der Waals surface area contributed by atoms with Crippen molar-refractivity contribution in [3.05, 3.63) is 54.5 Å². The Labute approximate surface area is 224 Å². The monoisotopic (exact) mass is 528 g/mol. The van der Waals surface area contributed by atoms with E-state index in [0.29, 0.717) is 36.6 Å². The highest BCUT2D eigenvalue weighted by Crippen LogP contribution is 2.61. The van der Waals surface area contributed by atoms with Crippen molar-refractivity contribution in [3.8, 4) is 11.4 Å². The van der Waals surface area contributed by atoms with Gasteiger partial charge in [-0.15, -0.1) is 0 Å². The fraction of sp³-hybridized carbons (Fsp3) is 0.429. The highest BCUT2D eigenvalue weighted by Gasteiger charge is 2.58. The Hall–Kier alpha value is -3.99. The molecule has 39 heavy (non-hydrogen) atoms. The summed E-state index contributed by atoms with van der Waals surface area (Å²) >= 11 is 0. The molecule has 5 heterocycles. The first-order chi connectivity index (χ1) is 18.9. The van der Waals surface area contributed by atoms with E-state index in [1.807, 2.05) is 12.3 Å². The molecule has 10 nitrogen and oxygen atoms in total. The number of alkyl halides is 1. The molecule has 4 aromatic heterocycles. The summed E-state index contributed by atoms with van der Waals surface area (Å²) in [6.07, 6.45) is 9.09. The van der Waals surface area contributed by atoms with Crippen LogP contribution in [0, 0.1) is 11.3 Å². The van der Waals surface area contributed by atoms with Crippen LogP contribution in [0.3, 0.4) is 0 Å². The standard InChI is InChI=1S/C28H29FN8O2/c1-16(28-7-19(8-28)23(29)9-28)31-12-20-4-17-11-32-21(6-24(17)34-20)14-36-15-33-27(35-36)18-5-22(13-30-10-18)37-25(38)2-3-26(37)39/h4-6,10-11,13,15-16,19,23,31,34H,2-3,7-9,12,14H2,1H3. The van der Waals surface area contributed by atoms with Gasteiger partial charge >= 0.3 is 0 Å². The van der Waals surface area contributed by atoms with Gasteiger partial charge in [0.15, 0.2) is 5.82 Å². The Morgan fingerprint density at radius 2 is 1.92 bits per heavy atom. The summed E-state index contributed by atoms with van der Waals surface area (Å²) in [7, 11) is 0. The maximum atomic E-state index is 14.0. The highest BCUT2D eigenvalue weighted by atomic mass is 19.1. The van der Waals surface area contributed by atoms with Crippen LogP contribution in [0.5, 0.6) is 0 Å². The second-order valence-electron chi connectivity index (χ2n) is 11.2. The van der Waals surface area contributed by atoms with E-state index in [-0.39, 0.29) is 42.0 Å². The Bertz CT molecular complexity index is 1570. The number of H-pyrrole nitrogens is 1. The molecule has 4 aliphatic rings. The lowest BCUT2D eigenvalue weighted by atomic mass is 9.65. The van der Waals surface area contributed by atoms with Crippen LogP contribution in [0.2, 0.25) is 0 Å². The molecule has 4 fully saturated rings. The first kappa shape index (κ1) is 24.1. The molecule has 4 aromatic rings. The van der Waals surface area contributed by atoms with E-state index in [2.05, 4.69) is 43.3 Å². The highest BCUT2D eigenvalue weighted by molar-refractivity contribution is 6.19. The van der Waals surface area contributed by atoms with Gasteiger partial charge < -0.3 is 10.3 Å². The smallest absolute Gasteiger partial charge is 0.234 e. The quantitative estimate of drug-likeness (QED) is 0.336. The summed E-state index contributed by atoms with van der Waals surface area (Å²) in [6.45, 7) is 3.31. The second kappa shape index (κ2) is 9.04. The molecular formula is C28H29FN8O2. The number of carbonyl (C=O) groups is 2. The number of rotatable bonds is 8. The lowest BCUT2D eigenvalue weighted by Crippen LogP contribution is -2.46. The van der Waals surface area contributed by atoms with Gasteiger partial charge in [-0.3, -0.25) is 19.6 Å². The number of nitrogens with one attached hydrogen (secondary N) is 2.